The number of carboxylic acid groups (broad SMARTS) is 1. The zero-order valence-electron chi connectivity index (χ0n) is 10.6. The van der Waals surface area contributed by atoms with Gasteiger partial charge in [0.25, 0.3) is 0 Å². The van der Waals surface area contributed by atoms with Gasteiger partial charge in [0.15, 0.2) is 0 Å². The molecule has 2 amide bonds. The van der Waals surface area contributed by atoms with Crippen LogP contribution in [-0.4, -0.2) is 33.8 Å². The molecule has 1 spiro atoms. The molecule has 1 saturated carbocycles. The minimum atomic E-state index is -1.10. The average molecular weight is 253 g/mol. The van der Waals surface area contributed by atoms with E-state index in [4.69, 9.17) is 5.11 Å². The van der Waals surface area contributed by atoms with Crippen LogP contribution in [0.3, 0.4) is 0 Å². The number of likely N-dealkylation sites (tertiary alicyclic amines) is 1. The van der Waals surface area contributed by atoms with Crippen molar-refractivity contribution in [1.29, 1.82) is 0 Å². The maximum atomic E-state index is 12.1. The van der Waals surface area contributed by atoms with Crippen molar-refractivity contribution in [2.24, 2.45) is 5.41 Å². The first kappa shape index (κ1) is 13.1. The number of hydrogen-bond donors (Lipinski definition) is 1. The molecule has 1 heterocycles. The number of piperidine rings is 1. The third-order valence-corrected chi connectivity index (χ3v) is 4.24. The van der Waals surface area contributed by atoms with Gasteiger partial charge in [-0.15, -0.1) is 0 Å². The highest BCUT2D eigenvalue weighted by Gasteiger charge is 2.47. The topological polar surface area (TPSA) is 74.7 Å². The van der Waals surface area contributed by atoms with Crippen LogP contribution in [0.2, 0.25) is 0 Å². The van der Waals surface area contributed by atoms with E-state index < -0.39 is 12.0 Å². The van der Waals surface area contributed by atoms with Gasteiger partial charge in [-0.3, -0.25) is 14.5 Å². The largest absolute Gasteiger partial charge is 0.480 e. The predicted molar refractivity (Wildman–Crippen MR) is 63.7 cm³/mol. The van der Waals surface area contributed by atoms with Gasteiger partial charge in [-0.2, -0.15) is 0 Å². The monoisotopic (exact) mass is 253 g/mol. The van der Waals surface area contributed by atoms with Crippen LogP contribution in [0.15, 0.2) is 0 Å². The van der Waals surface area contributed by atoms with Crippen LogP contribution in [0.5, 0.6) is 0 Å². The van der Waals surface area contributed by atoms with E-state index in [9.17, 15) is 14.4 Å². The van der Waals surface area contributed by atoms with E-state index in [-0.39, 0.29) is 23.7 Å². The van der Waals surface area contributed by atoms with Crippen LogP contribution in [-0.2, 0) is 14.4 Å². The lowest BCUT2D eigenvalue weighted by molar-refractivity contribution is -0.164. The lowest BCUT2D eigenvalue weighted by Crippen LogP contribution is -2.54. The highest BCUT2D eigenvalue weighted by molar-refractivity contribution is 6.01. The second-order valence-electron chi connectivity index (χ2n) is 5.48. The number of nitrogens with zero attached hydrogens (tertiary/aromatic N) is 1. The molecular formula is C13H19NO4. The minimum Gasteiger partial charge on any atom is -0.480 e. The maximum Gasteiger partial charge on any atom is 0.326 e. The standard InChI is InChI=1S/C13H19NO4/c1-2-9(12(17)18)14-10(15)7-13(8-11(14)16)5-3-4-6-13/h9H,2-8H2,1H3,(H,17,18). The Hall–Kier alpha value is -1.39. The average Bonchev–Trinajstić information content (AvgIpc) is 2.70. The van der Waals surface area contributed by atoms with Crippen molar-refractivity contribution >= 4 is 17.8 Å². The molecule has 5 nitrogen and oxygen atoms in total. The zero-order chi connectivity index (χ0) is 13.3. The molecule has 5 heteroatoms. The fraction of sp³-hybridized carbons (Fsp3) is 0.769. The predicted octanol–water partition coefficient (Wildman–Crippen LogP) is 1.56. The summed E-state index contributed by atoms with van der Waals surface area (Å²) in [5.41, 5.74) is -0.165. The molecule has 2 aliphatic rings. The molecule has 1 aliphatic heterocycles. The molecule has 2 fully saturated rings. The van der Waals surface area contributed by atoms with Crippen molar-refractivity contribution in [1.82, 2.24) is 4.90 Å². The molecule has 2 rings (SSSR count). The summed E-state index contributed by atoms with van der Waals surface area (Å²) in [5.74, 6) is -1.70. The molecule has 1 atom stereocenters. The number of carbonyl (C=O) groups is 3. The third-order valence-electron chi connectivity index (χ3n) is 4.24. The Morgan fingerprint density at radius 1 is 1.28 bits per heavy atom. The van der Waals surface area contributed by atoms with Crippen LogP contribution in [0.25, 0.3) is 0 Å². The van der Waals surface area contributed by atoms with Crippen molar-refractivity contribution in [3.05, 3.63) is 0 Å². The van der Waals surface area contributed by atoms with E-state index in [1.165, 1.54) is 0 Å². The Morgan fingerprint density at radius 2 is 1.78 bits per heavy atom. The number of hydrogen-bond acceptors (Lipinski definition) is 3. The molecular weight excluding hydrogens is 234 g/mol. The first-order valence-corrected chi connectivity index (χ1v) is 6.57. The fourth-order valence-electron chi connectivity index (χ4n) is 3.31. The molecule has 1 saturated heterocycles. The van der Waals surface area contributed by atoms with Gasteiger partial charge in [-0.1, -0.05) is 19.8 Å². The highest BCUT2D eigenvalue weighted by atomic mass is 16.4. The van der Waals surface area contributed by atoms with Crippen molar-refractivity contribution in [2.75, 3.05) is 0 Å². The van der Waals surface area contributed by atoms with Crippen LogP contribution < -0.4 is 0 Å². The van der Waals surface area contributed by atoms with E-state index >= 15 is 0 Å². The van der Waals surface area contributed by atoms with E-state index in [0.717, 1.165) is 30.6 Å². The van der Waals surface area contributed by atoms with Gasteiger partial charge in [0.1, 0.15) is 6.04 Å². The Kier molecular flexibility index (Phi) is 3.41. The van der Waals surface area contributed by atoms with Crippen LogP contribution in [0.1, 0.15) is 51.9 Å². The first-order valence-electron chi connectivity index (χ1n) is 6.57. The summed E-state index contributed by atoms with van der Waals surface area (Å²) in [6.45, 7) is 1.68. The van der Waals surface area contributed by atoms with Crippen molar-refractivity contribution in [3.63, 3.8) is 0 Å². The lowest BCUT2D eigenvalue weighted by atomic mass is 9.76. The molecule has 0 aromatic heterocycles. The lowest BCUT2D eigenvalue weighted by Gasteiger charge is -2.39. The number of carbonyl (C=O) groups excluding carboxylic acids is 2. The number of carboxylic acids is 1. The fourth-order valence-corrected chi connectivity index (χ4v) is 3.31. The SMILES string of the molecule is CCC(C(=O)O)N1C(=O)CC2(CCCC2)CC1=O. The van der Waals surface area contributed by atoms with E-state index in [1.807, 2.05) is 0 Å². The maximum absolute atomic E-state index is 12.1. The van der Waals surface area contributed by atoms with Gasteiger partial charge >= 0.3 is 5.97 Å². The van der Waals surface area contributed by atoms with Gasteiger partial charge in [0, 0.05) is 12.8 Å². The molecule has 0 bridgehead atoms. The Bertz CT molecular complexity index is 364. The molecule has 18 heavy (non-hydrogen) atoms. The smallest absolute Gasteiger partial charge is 0.326 e. The Morgan fingerprint density at radius 3 is 2.17 bits per heavy atom. The summed E-state index contributed by atoms with van der Waals surface area (Å²) in [6, 6.07) is -0.997. The summed E-state index contributed by atoms with van der Waals surface area (Å²) in [6.07, 6.45) is 4.91. The molecule has 1 N–H and O–H groups in total. The molecule has 100 valence electrons. The van der Waals surface area contributed by atoms with E-state index in [1.54, 1.807) is 6.92 Å². The van der Waals surface area contributed by atoms with Gasteiger partial charge in [-0.25, -0.2) is 4.79 Å². The van der Waals surface area contributed by atoms with Gasteiger partial charge in [-0.05, 0) is 24.7 Å². The number of imide groups is 1. The second kappa shape index (κ2) is 4.71. The quantitative estimate of drug-likeness (QED) is 0.774. The Labute approximate surface area is 106 Å². The summed E-state index contributed by atoms with van der Waals surface area (Å²) in [5, 5.41) is 9.07. The molecule has 1 aliphatic carbocycles. The Balaban J connectivity index is 2.18. The van der Waals surface area contributed by atoms with Crippen LogP contribution >= 0.6 is 0 Å². The van der Waals surface area contributed by atoms with E-state index in [0.29, 0.717) is 12.8 Å². The van der Waals surface area contributed by atoms with Crippen molar-refractivity contribution in [3.8, 4) is 0 Å². The minimum absolute atomic E-state index is 0.165. The van der Waals surface area contributed by atoms with Gasteiger partial charge < -0.3 is 5.11 Å². The summed E-state index contributed by atoms with van der Waals surface area (Å²) in [7, 11) is 0. The van der Waals surface area contributed by atoms with Crippen molar-refractivity contribution < 1.29 is 19.5 Å². The number of aliphatic carboxylic acids is 1. The summed E-state index contributed by atoms with van der Waals surface area (Å²) >= 11 is 0. The number of amides is 2. The van der Waals surface area contributed by atoms with Crippen LogP contribution in [0, 0.1) is 5.41 Å². The molecule has 1 unspecified atom stereocenters. The zero-order valence-corrected chi connectivity index (χ0v) is 10.6. The molecule has 0 aromatic carbocycles. The second-order valence-corrected chi connectivity index (χ2v) is 5.48. The van der Waals surface area contributed by atoms with Crippen LogP contribution in [0.4, 0.5) is 0 Å². The molecule has 0 aromatic rings. The first-order chi connectivity index (χ1) is 8.49. The summed E-state index contributed by atoms with van der Waals surface area (Å²) < 4.78 is 0. The van der Waals surface area contributed by atoms with Gasteiger partial charge in [0.05, 0.1) is 0 Å². The van der Waals surface area contributed by atoms with Gasteiger partial charge in [0.2, 0.25) is 11.8 Å². The summed E-state index contributed by atoms with van der Waals surface area (Å²) in [4.78, 5) is 36.3. The molecule has 0 radical (unpaired) electrons. The van der Waals surface area contributed by atoms with E-state index in [2.05, 4.69) is 0 Å². The number of rotatable bonds is 3. The normalized spacial score (nSPS) is 24.6. The van der Waals surface area contributed by atoms with Crippen molar-refractivity contribution in [2.45, 2.75) is 57.9 Å². The third kappa shape index (κ3) is 2.13. The highest BCUT2D eigenvalue weighted by Crippen LogP contribution is 2.47.